The van der Waals surface area contributed by atoms with Crippen LogP contribution >= 0.6 is 22.7 Å². The average molecular weight is 239 g/mol. The largest absolute Gasteiger partial charge is 0.345 e. The van der Waals surface area contributed by atoms with Crippen molar-refractivity contribution in [2.24, 2.45) is 0 Å². The van der Waals surface area contributed by atoms with Gasteiger partial charge in [0, 0.05) is 10.8 Å². The molecule has 0 aliphatic rings. The molecule has 6 heteroatoms. The molecule has 0 aliphatic carbocycles. The highest BCUT2D eigenvalue weighted by atomic mass is 32.1. The van der Waals surface area contributed by atoms with Gasteiger partial charge >= 0.3 is 0 Å². The number of nitrogens with one attached hydrogen (secondary N) is 1. The Labute approximate surface area is 95.0 Å². The molecule has 2 heterocycles. The molecule has 2 rings (SSSR count). The van der Waals surface area contributed by atoms with Gasteiger partial charge in [0.25, 0.3) is 5.91 Å². The highest BCUT2D eigenvalue weighted by Crippen LogP contribution is 2.07. The number of aryl methyl sites for hydroxylation is 1. The molecule has 4 nitrogen and oxygen atoms in total. The first-order chi connectivity index (χ1) is 7.25. The molecule has 0 bridgehead atoms. The summed E-state index contributed by atoms with van der Waals surface area (Å²) in [6.07, 6.45) is 0. The van der Waals surface area contributed by atoms with Crippen LogP contribution in [0.5, 0.6) is 0 Å². The van der Waals surface area contributed by atoms with E-state index in [1.54, 1.807) is 22.2 Å². The van der Waals surface area contributed by atoms with Gasteiger partial charge in [0.15, 0.2) is 0 Å². The minimum atomic E-state index is -0.151. The fourth-order valence-corrected chi connectivity index (χ4v) is 2.22. The van der Waals surface area contributed by atoms with Crippen molar-refractivity contribution in [3.63, 3.8) is 0 Å². The van der Waals surface area contributed by atoms with Crippen LogP contribution < -0.4 is 5.32 Å². The van der Waals surface area contributed by atoms with Crippen LogP contribution in [0.2, 0.25) is 0 Å². The Kier molecular flexibility index (Phi) is 3.08. The number of hydrogen-bond donors (Lipinski definition) is 1. The molecule has 0 unspecified atom stereocenters. The van der Waals surface area contributed by atoms with Crippen molar-refractivity contribution >= 4 is 28.6 Å². The normalized spacial score (nSPS) is 10.2. The summed E-state index contributed by atoms with van der Waals surface area (Å²) in [7, 11) is 0. The van der Waals surface area contributed by atoms with Crippen LogP contribution in [0.1, 0.15) is 21.2 Å². The van der Waals surface area contributed by atoms with Gasteiger partial charge in [-0.15, -0.1) is 22.7 Å². The lowest BCUT2D eigenvalue weighted by molar-refractivity contribution is 0.0946. The van der Waals surface area contributed by atoms with E-state index in [0.717, 1.165) is 10.7 Å². The van der Waals surface area contributed by atoms with Crippen molar-refractivity contribution in [1.29, 1.82) is 0 Å². The van der Waals surface area contributed by atoms with Gasteiger partial charge in [0.05, 0.1) is 22.8 Å². The van der Waals surface area contributed by atoms with E-state index in [2.05, 4.69) is 15.3 Å². The molecule has 0 atom stereocenters. The van der Waals surface area contributed by atoms with Gasteiger partial charge < -0.3 is 5.32 Å². The molecule has 0 radical (unpaired) electrons. The number of nitrogens with zero attached hydrogens (tertiary/aromatic N) is 2. The Bertz CT molecular complexity index is 450. The molecular weight excluding hydrogens is 230 g/mol. The van der Waals surface area contributed by atoms with Crippen molar-refractivity contribution in [3.05, 3.63) is 32.7 Å². The van der Waals surface area contributed by atoms with Gasteiger partial charge in [-0.3, -0.25) is 4.79 Å². The molecule has 2 aromatic rings. The Morgan fingerprint density at radius 3 is 3.00 bits per heavy atom. The van der Waals surface area contributed by atoms with E-state index in [4.69, 9.17) is 0 Å². The Morgan fingerprint density at radius 1 is 1.53 bits per heavy atom. The Morgan fingerprint density at radius 2 is 2.40 bits per heavy atom. The van der Waals surface area contributed by atoms with Crippen LogP contribution in [-0.2, 0) is 6.54 Å². The molecule has 0 saturated heterocycles. The molecule has 78 valence electrons. The average Bonchev–Trinajstić information content (AvgIpc) is 2.84. The van der Waals surface area contributed by atoms with Gasteiger partial charge in [-0.25, -0.2) is 9.97 Å². The number of rotatable bonds is 3. The monoisotopic (exact) mass is 239 g/mol. The van der Waals surface area contributed by atoms with E-state index < -0.39 is 0 Å². The third-order valence-electron chi connectivity index (χ3n) is 1.76. The summed E-state index contributed by atoms with van der Waals surface area (Å²) in [5.74, 6) is -0.151. The zero-order valence-corrected chi connectivity index (χ0v) is 9.69. The number of thiazole rings is 2. The minimum Gasteiger partial charge on any atom is -0.345 e. The molecule has 0 fully saturated rings. The second-order valence-electron chi connectivity index (χ2n) is 2.91. The highest BCUT2D eigenvalue weighted by Gasteiger charge is 2.07. The molecule has 2 aromatic heterocycles. The summed E-state index contributed by atoms with van der Waals surface area (Å²) < 4.78 is 0. The van der Waals surface area contributed by atoms with E-state index in [-0.39, 0.29) is 5.91 Å². The zero-order valence-electron chi connectivity index (χ0n) is 8.06. The highest BCUT2D eigenvalue weighted by molar-refractivity contribution is 7.09. The fourth-order valence-electron chi connectivity index (χ4n) is 1.08. The SMILES string of the molecule is Cc1nc(CNC(=O)c2cscn2)cs1. The van der Waals surface area contributed by atoms with Crippen molar-refractivity contribution in [2.75, 3.05) is 0 Å². The topological polar surface area (TPSA) is 54.9 Å². The van der Waals surface area contributed by atoms with Gasteiger partial charge in [-0.2, -0.15) is 0 Å². The van der Waals surface area contributed by atoms with Crippen LogP contribution in [-0.4, -0.2) is 15.9 Å². The van der Waals surface area contributed by atoms with E-state index >= 15 is 0 Å². The van der Waals surface area contributed by atoms with Crippen molar-refractivity contribution in [1.82, 2.24) is 15.3 Å². The smallest absolute Gasteiger partial charge is 0.271 e. The summed E-state index contributed by atoms with van der Waals surface area (Å²) in [4.78, 5) is 19.7. The number of carbonyl (C=O) groups excluding carboxylic acids is 1. The lowest BCUT2D eigenvalue weighted by atomic mass is 10.4. The third kappa shape index (κ3) is 2.60. The molecule has 0 aliphatic heterocycles. The molecule has 1 amide bonds. The van der Waals surface area contributed by atoms with Crippen LogP contribution in [0, 0.1) is 6.92 Å². The fraction of sp³-hybridized carbons (Fsp3) is 0.222. The molecule has 0 spiro atoms. The first-order valence-electron chi connectivity index (χ1n) is 4.33. The van der Waals surface area contributed by atoms with E-state index in [0.29, 0.717) is 12.2 Å². The van der Waals surface area contributed by atoms with Crippen LogP contribution in [0.4, 0.5) is 0 Å². The molecule has 0 saturated carbocycles. The number of aromatic nitrogens is 2. The summed E-state index contributed by atoms with van der Waals surface area (Å²) >= 11 is 2.99. The number of carbonyl (C=O) groups is 1. The maximum absolute atomic E-state index is 11.5. The van der Waals surface area contributed by atoms with E-state index in [1.165, 1.54) is 11.3 Å². The molecular formula is C9H9N3OS2. The van der Waals surface area contributed by atoms with Gasteiger partial charge in [0.1, 0.15) is 5.69 Å². The van der Waals surface area contributed by atoms with Gasteiger partial charge in [0.2, 0.25) is 0 Å². The molecule has 0 aromatic carbocycles. The predicted molar refractivity (Wildman–Crippen MR) is 60.1 cm³/mol. The van der Waals surface area contributed by atoms with Gasteiger partial charge in [-0.1, -0.05) is 0 Å². The van der Waals surface area contributed by atoms with Crippen LogP contribution in [0.25, 0.3) is 0 Å². The third-order valence-corrected chi connectivity index (χ3v) is 3.17. The molecule has 1 N–H and O–H groups in total. The second kappa shape index (κ2) is 4.50. The van der Waals surface area contributed by atoms with Crippen molar-refractivity contribution < 1.29 is 4.79 Å². The molecule has 15 heavy (non-hydrogen) atoms. The van der Waals surface area contributed by atoms with E-state index in [1.807, 2.05) is 12.3 Å². The maximum Gasteiger partial charge on any atom is 0.271 e. The Balaban J connectivity index is 1.91. The Hall–Kier alpha value is -1.27. The van der Waals surface area contributed by atoms with Gasteiger partial charge in [-0.05, 0) is 6.92 Å². The van der Waals surface area contributed by atoms with Crippen LogP contribution in [0.15, 0.2) is 16.3 Å². The second-order valence-corrected chi connectivity index (χ2v) is 4.70. The first-order valence-corrected chi connectivity index (χ1v) is 6.15. The lowest BCUT2D eigenvalue weighted by Gasteiger charge is -1.99. The lowest BCUT2D eigenvalue weighted by Crippen LogP contribution is -2.23. The van der Waals surface area contributed by atoms with Crippen molar-refractivity contribution in [2.45, 2.75) is 13.5 Å². The van der Waals surface area contributed by atoms with Crippen molar-refractivity contribution in [3.8, 4) is 0 Å². The summed E-state index contributed by atoms with van der Waals surface area (Å²) in [5.41, 5.74) is 3.00. The summed E-state index contributed by atoms with van der Waals surface area (Å²) in [5, 5.41) is 7.44. The maximum atomic E-state index is 11.5. The zero-order chi connectivity index (χ0) is 10.7. The minimum absolute atomic E-state index is 0.151. The summed E-state index contributed by atoms with van der Waals surface area (Å²) in [6, 6.07) is 0. The number of hydrogen-bond acceptors (Lipinski definition) is 5. The van der Waals surface area contributed by atoms with E-state index in [9.17, 15) is 4.79 Å². The standard InChI is InChI=1S/C9H9N3OS2/c1-6-12-7(3-15-6)2-10-9(13)8-4-14-5-11-8/h3-5H,2H2,1H3,(H,10,13). The number of amides is 1. The first kappa shape index (κ1) is 10.3. The predicted octanol–water partition coefficient (Wildman–Crippen LogP) is 1.84. The quantitative estimate of drug-likeness (QED) is 0.889. The summed E-state index contributed by atoms with van der Waals surface area (Å²) in [6.45, 7) is 2.40. The van der Waals surface area contributed by atoms with Crippen LogP contribution in [0.3, 0.4) is 0 Å².